The van der Waals surface area contributed by atoms with Gasteiger partial charge in [-0.2, -0.15) is 5.26 Å². The van der Waals surface area contributed by atoms with Crippen LogP contribution in [0.4, 0.5) is 4.39 Å². The smallest absolute Gasteiger partial charge is 0.129 e. The fraction of sp³-hybridized carbons (Fsp3) is 0.316. The number of aliphatic hydroxyl groups is 1. The van der Waals surface area contributed by atoms with Gasteiger partial charge >= 0.3 is 0 Å². The Kier molecular flexibility index (Phi) is 6.34. The zero-order valence-corrected chi connectivity index (χ0v) is 14.4. The van der Waals surface area contributed by atoms with Gasteiger partial charge in [-0.15, -0.1) is 0 Å². The van der Waals surface area contributed by atoms with Gasteiger partial charge in [0.25, 0.3) is 0 Å². The molecule has 0 bridgehead atoms. The second kappa shape index (κ2) is 8.47. The summed E-state index contributed by atoms with van der Waals surface area (Å²) in [5.41, 5.74) is 1.35. The van der Waals surface area contributed by atoms with E-state index in [9.17, 15) is 9.50 Å². The highest BCUT2D eigenvalue weighted by atomic mass is 19.1. The Balaban J connectivity index is 2.06. The summed E-state index contributed by atoms with van der Waals surface area (Å²) in [5.74, 6) is 0.718. The number of aliphatic hydroxyl groups excluding tert-OH is 1. The van der Waals surface area contributed by atoms with Crippen LogP contribution in [0.5, 0.6) is 11.5 Å². The van der Waals surface area contributed by atoms with Crippen LogP contribution in [0.15, 0.2) is 36.4 Å². The van der Waals surface area contributed by atoms with E-state index in [4.69, 9.17) is 14.7 Å². The third kappa shape index (κ3) is 4.69. The molecular weight excluding hydrogens is 323 g/mol. The molecule has 2 rings (SSSR count). The number of nitrogens with one attached hydrogen (secondary N) is 1. The Hall–Kier alpha value is -2.62. The van der Waals surface area contributed by atoms with E-state index < -0.39 is 11.9 Å². The number of benzene rings is 2. The SMILES string of the molecule is COc1cc(OC)cc(C(O)CNC(C)c2ccc(C#N)cc2F)c1. The molecule has 0 spiro atoms. The van der Waals surface area contributed by atoms with Gasteiger partial charge in [0.05, 0.1) is 32.0 Å². The Morgan fingerprint density at radius 1 is 1.16 bits per heavy atom. The summed E-state index contributed by atoms with van der Waals surface area (Å²) in [6.07, 6.45) is -0.812. The van der Waals surface area contributed by atoms with E-state index in [-0.39, 0.29) is 18.2 Å². The number of halogens is 1. The monoisotopic (exact) mass is 344 g/mol. The molecular formula is C19H21FN2O3. The fourth-order valence-corrected chi connectivity index (χ4v) is 2.49. The van der Waals surface area contributed by atoms with Crippen LogP contribution in [0.2, 0.25) is 0 Å². The van der Waals surface area contributed by atoms with Crippen LogP contribution in [0.3, 0.4) is 0 Å². The normalized spacial score (nSPS) is 13.0. The minimum atomic E-state index is -0.812. The van der Waals surface area contributed by atoms with Crippen LogP contribution < -0.4 is 14.8 Å². The van der Waals surface area contributed by atoms with Gasteiger partial charge in [-0.3, -0.25) is 0 Å². The molecule has 6 heteroatoms. The lowest BCUT2D eigenvalue weighted by molar-refractivity contribution is 0.169. The first kappa shape index (κ1) is 18.7. The van der Waals surface area contributed by atoms with E-state index in [0.717, 1.165) is 0 Å². The van der Waals surface area contributed by atoms with Crippen molar-refractivity contribution >= 4 is 0 Å². The summed E-state index contributed by atoms with van der Waals surface area (Å²) in [4.78, 5) is 0. The second-order valence-electron chi connectivity index (χ2n) is 5.64. The number of nitriles is 1. The molecule has 0 saturated heterocycles. The summed E-state index contributed by atoms with van der Waals surface area (Å²) in [5, 5.41) is 22.3. The van der Waals surface area contributed by atoms with Crippen molar-refractivity contribution in [1.29, 1.82) is 5.26 Å². The molecule has 2 aromatic carbocycles. The van der Waals surface area contributed by atoms with Gasteiger partial charge in [-0.1, -0.05) is 6.07 Å². The highest BCUT2D eigenvalue weighted by Crippen LogP contribution is 2.27. The topological polar surface area (TPSA) is 74.5 Å². The molecule has 0 heterocycles. The molecule has 2 unspecified atom stereocenters. The molecule has 2 atom stereocenters. The predicted molar refractivity (Wildman–Crippen MR) is 92.0 cm³/mol. The van der Waals surface area contributed by atoms with Crippen molar-refractivity contribution in [3.05, 3.63) is 58.9 Å². The van der Waals surface area contributed by atoms with Gasteiger partial charge in [0, 0.05) is 24.2 Å². The Labute approximate surface area is 146 Å². The third-order valence-corrected chi connectivity index (χ3v) is 3.97. The van der Waals surface area contributed by atoms with Crippen molar-refractivity contribution in [3.63, 3.8) is 0 Å². The molecule has 2 N–H and O–H groups in total. The lowest BCUT2D eigenvalue weighted by Gasteiger charge is -2.19. The molecule has 0 saturated carbocycles. The quantitative estimate of drug-likeness (QED) is 0.807. The highest BCUT2D eigenvalue weighted by Gasteiger charge is 2.15. The van der Waals surface area contributed by atoms with Crippen molar-refractivity contribution in [2.75, 3.05) is 20.8 Å². The van der Waals surface area contributed by atoms with Crippen molar-refractivity contribution < 1.29 is 19.0 Å². The lowest BCUT2D eigenvalue weighted by Crippen LogP contribution is -2.25. The third-order valence-electron chi connectivity index (χ3n) is 3.97. The predicted octanol–water partition coefficient (Wildman–Crippen LogP) is 3.10. The zero-order valence-electron chi connectivity index (χ0n) is 14.4. The minimum absolute atomic E-state index is 0.219. The maximum absolute atomic E-state index is 14.0. The van der Waals surface area contributed by atoms with Crippen molar-refractivity contribution in [3.8, 4) is 17.6 Å². The van der Waals surface area contributed by atoms with Gasteiger partial charge < -0.3 is 19.9 Å². The molecule has 2 aromatic rings. The van der Waals surface area contributed by atoms with Crippen molar-refractivity contribution in [2.45, 2.75) is 19.1 Å². The maximum Gasteiger partial charge on any atom is 0.129 e. The average molecular weight is 344 g/mol. The van der Waals surface area contributed by atoms with Crippen LogP contribution in [0.1, 0.15) is 35.8 Å². The summed E-state index contributed by atoms with van der Waals surface area (Å²) >= 11 is 0. The van der Waals surface area contributed by atoms with Crippen molar-refractivity contribution in [1.82, 2.24) is 5.32 Å². The molecule has 5 nitrogen and oxygen atoms in total. The van der Waals surface area contributed by atoms with E-state index in [1.54, 1.807) is 51.5 Å². The standard InChI is InChI=1S/C19H21FN2O3/c1-12(17-5-4-13(10-21)6-18(17)20)22-11-19(23)14-7-15(24-2)9-16(8-14)25-3/h4-9,12,19,22-23H,11H2,1-3H3. The maximum atomic E-state index is 14.0. The molecule has 0 aliphatic rings. The first-order valence-corrected chi connectivity index (χ1v) is 7.82. The lowest BCUT2D eigenvalue weighted by atomic mass is 10.0. The van der Waals surface area contributed by atoms with Crippen LogP contribution in [0.25, 0.3) is 0 Å². The van der Waals surface area contributed by atoms with E-state index in [2.05, 4.69) is 5.32 Å². The first-order valence-electron chi connectivity index (χ1n) is 7.82. The van der Waals surface area contributed by atoms with E-state index in [1.807, 2.05) is 6.07 Å². The highest BCUT2D eigenvalue weighted by molar-refractivity contribution is 5.39. The van der Waals surface area contributed by atoms with Crippen LogP contribution in [0, 0.1) is 17.1 Å². The minimum Gasteiger partial charge on any atom is -0.497 e. The summed E-state index contributed by atoms with van der Waals surface area (Å²) in [6, 6.07) is 11.1. The van der Waals surface area contributed by atoms with Crippen LogP contribution >= 0.6 is 0 Å². The molecule has 0 aliphatic carbocycles. The van der Waals surface area contributed by atoms with E-state index in [1.165, 1.54) is 6.07 Å². The van der Waals surface area contributed by atoms with Gasteiger partial charge in [0.15, 0.2) is 0 Å². The number of rotatable bonds is 7. The Bertz CT molecular complexity index is 751. The van der Waals surface area contributed by atoms with Gasteiger partial charge in [0.2, 0.25) is 0 Å². The molecule has 0 fully saturated rings. The Morgan fingerprint density at radius 3 is 2.32 bits per heavy atom. The molecule has 25 heavy (non-hydrogen) atoms. The molecule has 0 aliphatic heterocycles. The molecule has 0 aromatic heterocycles. The number of hydrogen-bond donors (Lipinski definition) is 2. The zero-order chi connectivity index (χ0) is 18.4. The first-order chi connectivity index (χ1) is 12.0. The summed E-state index contributed by atoms with van der Waals surface area (Å²) in [6.45, 7) is 2.01. The van der Waals surface area contributed by atoms with Gasteiger partial charge in [-0.25, -0.2) is 4.39 Å². The van der Waals surface area contributed by atoms with Crippen molar-refractivity contribution in [2.24, 2.45) is 0 Å². The van der Waals surface area contributed by atoms with Gasteiger partial charge in [0.1, 0.15) is 17.3 Å². The van der Waals surface area contributed by atoms with E-state index >= 15 is 0 Å². The number of nitrogens with zero attached hydrogens (tertiary/aromatic N) is 1. The fourth-order valence-electron chi connectivity index (χ4n) is 2.49. The molecule has 132 valence electrons. The van der Waals surface area contributed by atoms with Crippen LogP contribution in [-0.2, 0) is 0 Å². The summed E-state index contributed by atoms with van der Waals surface area (Å²) in [7, 11) is 3.08. The van der Waals surface area contributed by atoms with E-state index in [0.29, 0.717) is 22.6 Å². The number of hydrogen-bond acceptors (Lipinski definition) is 5. The second-order valence-corrected chi connectivity index (χ2v) is 5.64. The molecule has 0 amide bonds. The number of methoxy groups -OCH3 is 2. The van der Waals surface area contributed by atoms with Gasteiger partial charge in [-0.05, 0) is 36.8 Å². The van der Waals surface area contributed by atoms with Crippen LogP contribution in [-0.4, -0.2) is 25.9 Å². The largest absolute Gasteiger partial charge is 0.497 e. The Morgan fingerprint density at radius 2 is 1.80 bits per heavy atom. The number of ether oxygens (including phenoxy) is 2. The molecule has 0 radical (unpaired) electrons. The summed E-state index contributed by atoms with van der Waals surface area (Å²) < 4.78 is 24.4. The average Bonchev–Trinajstić information content (AvgIpc) is 2.64.